The summed E-state index contributed by atoms with van der Waals surface area (Å²) in [5, 5.41) is 21.1. The van der Waals surface area contributed by atoms with Crippen LogP contribution in [0.1, 0.15) is 102 Å². The van der Waals surface area contributed by atoms with Crippen LogP contribution in [0.15, 0.2) is 28.8 Å². The molecule has 0 spiro atoms. The molecular weight excluding hydrogens is 522 g/mol. The van der Waals surface area contributed by atoms with Crippen LogP contribution in [0.3, 0.4) is 0 Å². The van der Waals surface area contributed by atoms with Crippen LogP contribution in [0.25, 0.3) is 0 Å². The van der Waals surface area contributed by atoms with E-state index in [4.69, 9.17) is 20.9 Å². The number of ketones is 2. The van der Waals surface area contributed by atoms with Gasteiger partial charge in [0.25, 0.3) is 0 Å². The first-order valence-electron chi connectivity index (χ1n) is 15.1. The topological polar surface area (TPSA) is 157 Å². The van der Waals surface area contributed by atoms with Gasteiger partial charge in [0.05, 0.1) is 12.7 Å². The number of nitrogens with zero attached hydrogens (tertiary/aromatic N) is 1. The summed E-state index contributed by atoms with van der Waals surface area (Å²) in [6.07, 6.45) is 10.3. The number of hydrogen-bond donors (Lipinski definition) is 4. The summed E-state index contributed by atoms with van der Waals surface area (Å²) in [4.78, 5) is 28.9. The van der Waals surface area contributed by atoms with E-state index in [1.807, 2.05) is 19.1 Å². The molecule has 230 valence electrons. The number of phenolic OH excluding ortho intramolecular Hbond substituents is 1. The summed E-state index contributed by atoms with van der Waals surface area (Å²) in [7, 11) is 1.65. The zero-order valence-corrected chi connectivity index (χ0v) is 25.2. The zero-order chi connectivity index (χ0) is 30.2. The molecule has 1 fully saturated rings. The zero-order valence-electron chi connectivity index (χ0n) is 25.2. The molecule has 6 N–H and O–H groups in total. The molecule has 0 aromatic heterocycles. The lowest BCUT2D eigenvalue weighted by Crippen LogP contribution is -2.23. The highest BCUT2D eigenvalue weighted by molar-refractivity contribution is 5.90. The van der Waals surface area contributed by atoms with E-state index in [0.717, 1.165) is 56.1 Å². The summed E-state index contributed by atoms with van der Waals surface area (Å²) in [6, 6.07) is 3.80. The Kier molecular flexibility index (Phi) is 15.5. The molecule has 0 bridgehead atoms. The van der Waals surface area contributed by atoms with Crippen LogP contribution >= 0.6 is 0 Å². The Balaban J connectivity index is 2.45. The fourth-order valence-corrected chi connectivity index (χ4v) is 5.66. The first kappa shape index (κ1) is 34.3. The molecule has 0 unspecified atom stereocenters. The van der Waals surface area contributed by atoms with Gasteiger partial charge in [0.15, 0.2) is 23.2 Å². The van der Waals surface area contributed by atoms with Gasteiger partial charge in [-0.25, -0.2) is 0 Å². The quantitative estimate of drug-likeness (QED) is 0.0756. The molecule has 2 rings (SSSR count). The van der Waals surface area contributed by atoms with Crippen LogP contribution in [0, 0.1) is 5.92 Å². The van der Waals surface area contributed by atoms with Gasteiger partial charge in [0.1, 0.15) is 5.78 Å². The average molecular weight is 574 g/mol. The van der Waals surface area contributed by atoms with Gasteiger partial charge in [0, 0.05) is 38.7 Å². The predicted molar refractivity (Wildman–Crippen MR) is 162 cm³/mol. The molecule has 0 amide bonds. The number of aliphatic imine (C=N–C) groups is 1. The summed E-state index contributed by atoms with van der Waals surface area (Å²) in [5.41, 5.74) is 13.3. The van der Waals surface area contributed by atoms with Gasteiger partial charge in [-0.05, 0) is 99.8 Å². The van der Waals surface area contributed by atoms with Crippen LogP contribution in [0.5, 0.6) is 11.5 Å². The van der Waals surface area contributed by atoms with Crippen molar-refractivity contribution in [3.8, 4) is 11.5 Å². The SMILES string of the molecule is CCC/C(=C/C(=O)CCc1cc(OC2CCCC2)c(O)c([C@H](CCC(C)=O)[C@H](CCCN=C(N)N)COC)c1)CO. The van der Waals surface area contributed by atoms with Crippen molar-refractivity contribution in [1.29, 1.82) is 0 Å². The largest absolute Gasteiger partial charge is 0.504 e. The number of hydrogen-bond acceptors (Lipinski definition) is 7. The lowest BCUT2D eigenvalue weighted by Gasteiger charge is -2.29. The average Bonchev–Trinajstić information content (AvgIpc) is 3.44. The molecular formula is C32H51N3O6. The molecule has 9 heteroatoms. The van der Waals surface area contributed by atoms with Crippen molar-refractivity contribution in [2.45, 2.75) is 103 Å². The minimum absolute atomic E-state index is 0.000231. The van der Waals surface area contributed by atoms with Crippen LogP contribution in [-0.2, 0) is 20.7 Å². The highest BCUT2D eigenvalue weighted by Gasteiger charge is 2.29. The van der Waals surface area contributed by atoms with Crippen LogP contribution in [0.2, 0.25) is 0 Å². The Morgan fingerprint density at radius 2 is 1.88 bits per heavy atom. The maximum absolute atomic E-state index is 12.7. The lowest BCUT2D eigenvalue weighted by molar-refractivity contribution is -0.117. The summed E-state index contributed by atoms with van der Waals surface area (Å²) >= 11 is 0. The van der Waals surface area contributed by atoms with Gasteiger partial charge in [-0.3, -0.25) is 9.79 Å². The number of methoxy groups -OCH3 is 1. The van der Waals surface area contributed by atoms with Gasteiger partial charge in [-0.1, -0.05) is 19.4 Å². The van der Waals surface area contributed by atoms with Crippen molar-refractivity contribution in [3.63, 3.8) is 0 Å². The van der Waals surface area contributed by atoms with Gasteiger partial charge in [-0.15, -0.1) is 0 Å². The van der Waals surface area contributed by atoms with Gasteiger partial charge >= 0.3 is 0 Å². The predicted octanol–water partition coefficient (Wildman–Crippen LogP) is 4.70. The van der Waals surface area contributed by atoms with E-state index in [1.54, 1.807) is 20.1 Å². The number of rotatable bonds is 20. The maximum atomic E-state index is 12.7. The second kappa shape index (κ2) is 18.5. The normalized spacial score (nSPS) is 15.5. The van der Waals surface area contributed by atoms with E-state index < -0.39 is 0 Å². The Morgan fingerprint density at radius 3 is 2.49 bits per heavy atom. The molecule has 2 atom stereocenters. The number of allylic oxidation sites excluding steroid dienone is 1. The van der Waals surface area contributed by atoms with E-state index in [0.29, 0.717) is 50.1 Å². The first-order chi connectivity index (χ1) is 19.7. The van der Waals surface area contributed by atoms with Crippen LogP contribution in [0.4, 0.5) is 0 Å². The van der Waals surface area contributed by atoms with E-state index in [-0.39, 0.29) is 54.2 Å². The van der Waals surface area contributed by atoms with Gasteiger partial charge in [-0.2, -0.15) is 0 Å². The van der Waals surface area contributed by atoms with Crippen molar-refractivity contribution in [2.24, 2.45) is 22.4 Å². The van der Waals surface area contributed by atoms with Crippen molar-refractivity contribution < 1.29 is 29.3 Å². The van der Waals surface area contributed by atoms with Crippen LogP contribution in [-0.4, -0.2) is 60.7 Å². The Labute approximate surface area is 245 Å². The Hall–Kier alpha value is -2.91. The molecule has 9 nitrogen and oxygen atoms in total. The number of guanidine groups is 1. The monoisotopic (exact) mass is 573 g/mol. The summed E-state index contributed by atoms with van der Waals surface area (Å²) < 4.78 is 11.9. The fourth-order valence-electron chi connectivity index (χ4n) is 5.66. The number of ether oxygens (including phenoxy) is 2. The van der Waals surface area contributed by atoms with E-state index in [9.17, 15) is 19.8 Å². The minimum Gasteiger partial charge on any atom is -0.504 e. The second-order valence-electron chi connectivity index (χ2n) is 11.2. The third kappa shape index (κ3) is 12.2. The van der Waals surface area contributed by atoms with Crippen molar-refractivity contribution in [3.05, 3.63) is 34.9 Å². The first-order valence-corrected chi connectivity index (χ1v) is 15.1. The third-order valence-electron chi connectivity index (χ3n) is 7.74. The number of aryl methyl sites for hydroxylation is 1. The fraction of sp³-hybridized carbons (Fsp3) is 0.656. The van der Waals surface area contributed by atoms with Crippen molar-refractivity contribution in [1.82, 2.24) is 0 Å². The number of carbonyl (C=O) groups is 2. The molecule has 0 radical (unpaired) electrons. The lowest BCUT2D eigenvalue weighted by atomic mass is 9.79. The van der Waals surface area contributed by atoms with Crippen LogP contribution < -0.4 is 16.2 Å². The van der Waals surface area contributed by atoms with E-state index >= 15 is 0 Å². The standard InChI is InChI=1S/C32H51N3O6/c1-4-8-24(20-36)17-26(38)14-13-23-18-29(31(39)30(19-23)41-27-10-5-6-11-27)28(15-12-22(2)37)25(21-40-3)9-7-16-35-32(33)34/h17-19,25,27-28,36,39H,4-16,20-21H2,1-3H3,(H4,33,34,35)/b24-17-/t25-,28-/m1/s1. The highest BCUT2D eigenvalue weighted by atomic mass is 16.5. The van der Waals surface area contributed by atoms with Gasteiger partial charge < -0.3 is 35.9 Å². The number of aliphatic hydroxyl groups excluding tert-OH is 1. The minimum atomic E-state index is -0.176. The molecule has 1 aliphatic rings. The smallest absolute Gasteiger partial charge is 0.185 e. The third-order valence-corrected chi connectivity index (χ3v) is 7.74. The number of aliphatic hydroxyl groups is 1. The summed E-state index contributed by atoms with van der Waals surface area (Å²) in [5.74, 6) is 0.431. The maximum Gasteiger partial charge on any atom is 0.185 e. The van der Waals surface area contributed by atoms with Gasteiger partial charge in [0.2, 0.25) is 0 Å². The number of carbonyl (C=O) groups excluding carboxylic acids is 2. The number of nitrogens with two attached hydrogens (primary N) is 2. The second-order valence-corrected chi connectivity index (χ2v) is 11.2. The molecule has 1 aromatic carbocycles. The molecule has 1 aromatic rings. The number of phenols is 1. The molecule has 41 heavy (non-hydrogen) atoms. The number of aromatic hydroxyl groups is 1. The van der Waals surface area contributed by atoms with E-state index in [2.05, 4.69) is 4.99 Å². The van der Waals surface area contributed by atoms with Crippen molar-refractivity contribution >= 4 is 17.5 Å². The van der Waals surface area contributed by atoms with Crippen molar-refractivity contribution in [2.75, 3.05) is 26.9 Å². The molecule has 1 aliphatic carbocycles. The molecule has 0 saturated heterocycles. The Morgan fingerprint density at radius 1 is 1.15 bits per heavy atom. The molecule has 0 heterocycles. The Bertz CT molecular complexity index is 1030. The number of benzene rings is 1. The highest BCUT2D eigenvalue weighted by Crippen LogP contribution is 2.44. The summed E-state index contributed by atoms with van der Waals surface area (Å²) in [6.45, 7) is 4.39. The molecule has 1 saturated carbocycles. The number of Topliss-reactive ketones (excluding diaryl/α,β-unsaturated/α-hetero) is 1. The van der Waals surface area contributed by atoms with E-state index in [1.165, 1.54) is 0 Å². The molecule has 0 aliphatic heterocycles.